The van der Waals surface area contributed by atoms with E-state index in [1.54, 1.807) is 13.3 Å². The number of pyridine rings is 1. The summed E-state index contributed by atoms with van der Waals surface area (Å²) in [7, 11) is 1.68. The summed E-state index contributed by atoms with van der Waals surface area (Å²) in [5.74, 6) is 0.858. The molecule has 1 atom stereocenters. The van der Waals surface area contributed by atoms with E-state index in [9.17, 15) is 0 Å². The minimum Gasteiger partial charge on any atom is -0.496 e. The number of ether oxygens (including phenoxy) is 1. The molecule has 0 aliphatic carbocycles. The molecule has 0 aliphatic heterocycles. The number of para-hydroxylation sites is 1. The van der Waals surface area contributed by atoms with E-state index in [0.717, 1.165) is 33.3 Å². The van der Waals surface area contributed by atoms with Gasteiger partial charge in [0.05, 0.1) is 18.7 Å². The number of benzene rings is 2. The maximum atomic E-state index is 6.46. The van der Waals surface area contributed by atoms with Gasteiger partial charge < -0.3 is 10.5 Å². The molecule has 0 radical (unpaired) electrons. The molecule has 3 heteroatoms. The first kappa shape index (κ1) is 13.6. The molecule has 3 rings (SSSR count). The molecule has 1 aromatic heterocycles. The molecule has 0 saturated heterocycles. The third kappa shape index (κ3) is 2.48. The van der Waals surface area contributed by atoms with Gasteiger partial charge in [-0.25, -0.2) is 0 Å². The van der Waals surface area contributed by atoms with Gasteiger partial charge in [0.15, 0.2) is 0 Å². The first-order valence-electron chi connectivity index (χ1n) is 6.94. The number of nitrogens with zero attached hydrogens (tertiary/aromatic N) is 1. The molecule has 21 heavy (non-hydrogen) atoms. The van der Waals surface area contributed by atoms with Crippen LogP contribution in [0.5, 0.6) is 5.75 Å². The Labute approximate surface area is 124 Å². The van der Waals surface area contributed by atoms with Crippen LogP contribution in [0.1, 0.15) is 22.7 Å². The van der Waals surface area contributed by atoms with Gasteiger partial charge in [0.2, 0.25) is 0 Å². The monoisotopic (exact) mass is 278 g/mol. The summed E-state index contributed by atoms with van der Waals surface area (Å²) in [6.07, 6.45) is 1.80. The molecule has 2 N–H and O–H groups in total. The van der Waals surface area contributed by atoms with Crippen molar-refractivity contribution in [1.29, 1.82) is 0 Å². The van der Waals surface area contributed by atoms with Crippen molar-refractivity contribution in [2.75, 3.05) is 7.11 Å². The lowest BCUT2D eigenvalue weighted by Gasteiger charge is -2.16. The van der Waals surface area contributed by atoms with Crippen LogP contribution in [0.15, 0.2) is 54.7 Å². The number of methoxy groups -OCH3 is 1. The third-order valence-electron chi connectivity index (χ3n) is 3.79. The van der Waals surface area contributed by atoms with E-state index in [-0.39, 0.29) is 6.04 Å². The molecular weight excluding hydrogens is 260 g/mol. The van der Waals surface area contributed by atoms with Crippen LogP contribution in [0.25, 0.3) is 10.9 Å². The predicted molar refractivity (Wildman–Crippen MR) is 85.5 cm³/mol. The first-order chi connectivity index (χ1) is 10.2. The van der Waals surface area contributed by atoms with Gasteiger partial charge in [-0.1, -0.05) is 36.4 Å². The second kappa shape index (κ2) is 5.54. The van der Waals surface area contributed by atoms with Crippen molar-refractivity contribution in [3.63, 3.8) is 0 Å². The summed E-state index contributed by atoms with van der Waals surface area (Å²) in [4.78, 5) is 4.48. The molecule has 0 amide bonds. The third-order valence-corrected chi connectivity index (χ3v) is 3.79. The Morgan fingerprint density at radius 2 is 1.90 bits per heavy atom. The minimum absolute atomic E-state index is 0.224. The molecule has 0 bridgehead atoms. The number of fused-ring (bicyclic) bond motifs is 1. The normalized spacial score (nSPS) is 12.3. The van der Waals surface area contributed by atoms with E-state index >= 15 is 0 Å². The van der Waals surface area contributed by atoms with Gasteiger partial charge in [-0.2, -0.15) is 0 Å². The van der Waals surface area contributed by atoms with Crippen molar-refractivity contribution in [3.05, 3.63) is 71.4 Å². The first-order valence-corrected chi connectivity index (χ1v) is 6.94. The molecule has 0 spiro atoms. The topological polar surface area (TPSA) is 48.1 Å². The molecule has 2 aromatic carbocycles. The maximum Gasteiger partial charge on any atom is 0.122 e. The number of aromatic nitrogens is 1. The highest BCUT2D eigenvalue weighted by Crippen LogP contribution is 2.29. The largest absolute Gasteiger partial charge is 0.496 e. The van der Waals surface area contributed by atoms with E-state index in [4.69, 9.17) is 10.5 Å². The fraction of sp³-hybridized carbons (Fsp3) is 0.167. The zero-order valence-corrected chi connectivity index (χ0v) is 12.2. The molecule has 1 heterocycles. The number of rotatable bonds is 3. The Balaban J connectivity index is 2.10. The van der Waals surface area contributed by atoms with Crippen molar-refractivity contribution in [2.45, 2.75) is 13.0 Å². The van der Waals surface area contributed by atoms with Crippen molar-refractivity contribution < 1.29 is 4.74 Å². The quantitative estimate of drug-likeness (QED) is 0.796. The van der Waals surface area contributed by atoms with Gasteiger partial charge in [-0.15, -0.1) is 0 Å². The van der Waals surface area contributed by atoms with Crippen LogP contribution in [-0.4, -0.2) is 12.1 Å². The SMILES string of the molecule is COc1cc(C(N)c2cccc3cccnc23)ccc1C. The fourth-order valence-electron chi connectivity index (χ4n) is 2.59. The van der Waals surface area contributed by atoms with E-state index < -0.39 is 0 Å². The molecule has 0 fully saturated rings. The predicted octanol–water partition coefficient (Wildman–Crippen LogP) is 3.60. The van der Waals surface area contributed by atoms with Crippen LogP contribution >= 0.6 is 0 Å². The average Bonchev–Trinajstić information content (AvgIpc) is 2.54. The van der Waals surface area contributed by atoms with Gasteiger partial charge in [0.25, 0.3) is 0 Å². The second-order valence-corrected chi connectivity index (χ2v) is 5.13. The molecule has 0 aliphatic rings. The Hall–Kier alpha value is -2.39. The standard InChI is InChI=1S/C18H18N2O/c1-12-8-9-14(11-16(12)21-2)17(19)15-7-3-5-13-6-4-10-20-18(13)15/h3-11,17H,19H2,1-2H3. The van der Waals surface area contributed by atoms with Crippen LogP contribution in [0.2, 0.25) is 0 Å². The van der Waals surface area contributed by atoms with Gasteiger partial charge in [-0.3, -0.25) is 4.98 Å². The van der Waals surface area contributed by atoms with Crippen LogP contribution < -0.4 is 10.5 Å². The highest BCUT2D eigenvalue weighted by Gasteiger charge is 2.14. The fourth-order valence-corrected chi connectivity index (χ4v) is 2.59. The Morgan fingerprint density at radius 3 is 2.71 bits per heavy atom. The summed E-state index contributed by atoms with van der Waals surface area (Å²) >= 11 is 0. The van der Waals surface area contributed by atoms with Crippen molar-refractivity contribution in [2.24, 2.45) is 5.73 Å². The average molecular weight is 278 g/mol. The highest BCUT2D eigenvalue weighted by molar-refractivity contribution is 5.82. The number of hydrogen-bond acceptors (Lipinski definition) is 3. The molecule has 0 saturated carbocycles. The number of nitrogens with two attached hydrogens (primary N) is 1. The van der Waals surface area contributed by atoms with Crippen molar-refractivity contribution >= 4 is 10.9 Å². The lowest BCUT2D eigenvalue weighted by Crippen LogP contribution is -2.13. The minimum atomic E-state index is -0.224. The van der Waals surface area contributed by atoms with Gasteiger partial charge in [0.1, 0.15) is 5.75 Å². The van der Waals surface area contributed by atoms with E-state index in [0.29, 0.717) is 0 Å². The van der Waals surface area contributed by atoms with Gasteiger partial charge in [0, 0.05) is 11.6 Å². The Kier molecular flexibility index (Phi) is 3.59. The van der Waals surface area contributed by atoms with Crippen molar-refractivity contribution in [1.82, 2.24) is 4.98 Å². The van der Waals surface area contributed by atoms with E-state index in [2.05, 4.69) is 4.98 Å². The Bertz CT molecular complexity index is 778. The smallest absolute Gasteiger partial charge is 0.122 e. The molecule has 1 unspecified atom stereocenters. The summed E-state index contributed by atoms with van der Waals surface area (Å²) in [5.41, 5.74) is 10.6. The van der Waals surface area contributed by atoms with E-state index in [1.165, 1.54) is 0 Å². The second-order valence-electron chi connectivity index (χ2n) is 5.13. The Morgan fingerprint density at radius 1 is 1.10 bits per heavy atom. The lowest BCUT2D eigenvalue weighted by molar-refractivity contribution is 0.411. The maximum absolute atomic E-state index is 6.46. The van der Waals surface area contributed by atoms with Crippen LogP contribution in [0.3, 0.4) is 0 Å². The van der Waals surface area contributed by atoms with Gasteiger partial charge in [-0.05, 0) is 35.7 Å². The molecular formula is C18H18N2O. The lowest BCUT2D eigenvalue weighted by atomic mass is 9.96. The summed E-state index contributed by atoms with van der Waals surface area (Å²) in [6, 6.07) is 15.9. The molecule has 106 valence electrons. The van der Waals surface area contributed by atoms with Crippen molar-refractivity contribution in [3.8, 4) is 5.75 Å². The highest BCUT2D eigenvalue weighted by atomic mass is 16.5. The summed E-state index contributed by atoms with van der Waals surface area (Å²) in [5, 5.41) is 1.10. The number of aryl methyl sites for hydroxylation is 1. The zero-order chi connectivity index (χ0) is 14.8. The van der Waals surface area contributed by atoms with Crippen LogP contribution in [0, 0.1) is 6.92 Å². The van der Waals surface area contributed by atoms with E-state index in [1.807, 2.05) is 55.5 Å². The van der Waals surface area contributed by atoms with Crippen LogP contribution in [-0.2, 0) is 0 Å². The summed E-state index contributed by atoms with van der Waals surface area (Å²) < 4.78 is 5.39. The molecule has 3 aromatic rings. The number of hydrogen-bond donors (Lipinski definition) is 1. The van der Waals surface area contributed by atoms with Gasteiger partial charge >= 0.3 is 0 Å². The van der Waals surface area contributed by atoms with Crippen LogP contribution in [0.4, 0.5) is 0 Å². The zero-order valence-electron chi connectivity index (χ0n) is 12.2. The molecule has 3 nitrogen and oxygen atoms in total. The summed E-state index contributed by atoms with van der Waals surface area (Å²) in [6.45, 7) is 2.02.